The molecule has 8 heteroatoms. The highest BCUT2D eigenvalue weighted by Gasteiger charge is 2.19. The molecule has 0 aliphatic rings. The lowest BCUT2D eigenvalue weighted by Crippen LogP contribution is -2.07. The summed E-state index contributed by atoms with van der Waals surface area (Å²) in [7, 11) is 1.52. The summed E-state index contributed by atoms with van der Waals surface area (Å²) in [5.41, 5.74) is 2.88. The Morgan fingerprint density at radius 3 is 2.69 bits per heavy atom. The van der Waals surface area contributed by atoms with Gasteiger partial charge in [-0.05, 0) is 30.3 Å². The van der Waals surface area contributed by atoms with E-state index in [1.807, 2.05) is 24.3 Å². The van der Waals surface area contributed by atoms with Crippen LogP contribution >= 0.6 is 23.2 Å². The van der Waals surface area contributed by atoms with Crippen molar-refractivity contribution in [1.82, 2.24) is 9.97 Å². The number of hydrogen-bond acceptors (Lipinski definition) is 4. The van der Waals surface area contributed by atoms with Crippen LogP contribution < -0.4 is 4.74 Å². The third kappa shape index (κ3) is 3.74. The Bertz CT molecular complexity index is 1240. The number of pyridine rings is 1. The minimum Gasteiger partial charge on any atom is -0.489 e. The van der Waals surface area contributed by atoms with Gasteiger partial charge in [-0.1, -0.05) is 29.3 Å². The number of nitrogens with one attached hydrogen (secondary N) is 1. The largest absolute Gasteiger partial charge is 0.489 e. The number of benzene rings is 2. The third-order valence-electron chi connectivity index (χ3n) is 4.61. The molecule has 4 rings (SSSR count). The van der Waals surface area contributed by atoms with Crippen molar-refractivity contribution in [3.05, 3.63) is 69.5 Å². The van der Waals surface area contributed by atoms with Crippen molar-refractivity contribution in [1.29, 1.82) is 0 Å². The number of carbonyl (C=O) groups is 1. The van der Waals surface area contributed by atoms with E-state index in [9.17, 15) is 9.90 Å². The van der Waals surface area contributed by atoms with Gasteiger partial charge in [-0.25, -0.2) is 9.78 Å². The summed E-state index contributed by atoms with van der Waals surface area (Å²) in [6.45, 7) is 0.404. The Morgan fingerprint density at radius 1 is 1.14 bits per heavy atom. The molecule has 0 saturated heterocycles. The second-order valence-electron chi connectivity index (χ2n) is 6.47. The monoisotopic (exact) mass is 430 g/mol. The Balaban J connectivity index is 1.76. The van der Waals surface area contributed by atoms with Crippen molar-refractivity contribution in [3.63, 3.8) is 0 Å². The molecular formula is C21H16Cl2N2O4. The summed E-state index contributed by atoms with van der Waals surface area (Å²) in [6.07, 6.45) is 1.52. The van der Waals surface area contributed by atoms with Crippen LogP contribution in [0.1, 0.15) is 21.6 Å². The Morgan fingerprint density at radius 2 is 1.97 bits per heavy atom. The number of rotatable bonds is 6. The summed E-state index contributed by atoms with van der Waals surface area (Å²) in [4.78, 5) is 18.9. The number of aromatic amines is 1. The lowest BCUT2D eigenvalue weighted by Gasteiger charge is -2.09. The first-order valence-corrected chi connectivity index (χ1v) is 9.46. The Labute approximate surface area is 176 Å². The normalized spacial score (nSPS) is 11.3. The van der Waals surface area contributed by atoms with Crippen LogP contribution in [0.4, 0.5) is 0 Å². The average molecular weight is 431 g/mol. The summed E-state index contributed by atoms with van der Waals surface area (Å²) < 4.78 is 11.1. The molecule has 2 aromatic carbocycles. The first-order chi connectivity index (χ1) is 14.0. The van der Waals surface area contributed by atoms with Gasteiger partial charge in [0, 0.05) is 44.6 Å². The van der Waals surface area contributed by atoms with E-state index in [0.717, 1.165) is 27.4 Å². The number of methoxy groups -OCH3 is 1. The molecule has 0 bridgehead atoms. The summed E-state index contributed by atoms with van der Waals surface area (Å²) in [5.74, 6) is -0.473. The number of carboxylic acid groups (broad SMARTS) is 1. The van der Waals surface area contributed by atoms with E-state index < -0.39 is 5.97 Å². The highest BCUT2D eigenvalue weighted by molar-refractivity contribution is 6.35. The summed E-state index contributed by atoms with van der Waals surface area (Å²) in [5, 5.41) is 12.2. The predicted molar refractivity (Wildman–Crippen MR) is 112 cm³/mol. The highest BCUT2D eigenvalue weighted by Crippen LogP contribution is 2.33. The number of H-pyrrole nitrogens is 1. The molecule has 2 N–H and O–H groups in total. The van der Waals surface area contributed by atoms with Crippen LogP contribution in [0.25, 0.3) is 21.8 Å². The molecule has 0 amide bonds. The van der Waals surface area contributed by atoms with E-state index in [1.165, 1.54) is 13.3 Å². The molecule has 6 nitrogen and oxygen atoms in total. The summed E-state index contributed by atoms with van der Waals surface area (Å²) >= 11 is 12.1. The van der Waals surface area contributed by atoms with Crippen LogP contribution in [0.15, 0.2) is 42.6 Å². The number of carboxylic acids is 1. The molecule has 0 fully saturated rings. The van der Waals surface area contributed by atoms with Gasteiger partial charge in [-0.3, -0.25) is 0 Å². The fourth-order valence-electron chi connectivity index (χ4n) is 3.30. The van der Waals surface area contributed by atoms with Crippen LogP contribution in [-0.4, -0.2) is 28.2 Å². The van der Waals surface area contributed by atoms with Gasteiger partial charge >= 0.3 is 5.97 Å². The molecule has 0 aliphatic carbocycles. The van der Waals surface area contributed by atoms with Crippen LogP contribution in [0, 0.1) is 0 Å². The molecular weight excluding hydrogens is 415 g/mol. The zero-order valence-electron chi connectivity index (χ0n) is 15.3. The van der Waals surface area contributed by atoms with Gasteiger partial charge < -0.3 is 19.6 Å². The zero-order valence-corrected chi connectivity index (χ0v) is 16.8. The number of halogens is 2. The topological polar surface area (TPSA) is 84.4 Å². The Hall–Kier alpha value is -2.80. The zero-order chi connectivity index (χ0) is 20.5. The molecule has 0 atom stereocenters. The van der Waals surface area contributed by atoms with Crippen LogP contribution in [0.2, 0.25) is 10.0 Å². The van der Waals surface area contributed by atoms with Crippen molar-refractivity contribution in [3.8, 4) is 5.75 Å². The van der Waals surface area contributed by atoms with Crippen molar-refractivity contribution in [2.75, 3.05) is 7.11 Å². The number of aromatic carboxylic acids is 1. The summed E-state index contributed by atoms with van der Waals surface area (Å²) in [6, 6.07) is 10.8. The maximum absolute atomic E-state index is 11.6. The van der Waals surface area contributed by atoms with E-state index in [1.54, 1.807) is 12.1 Å². The van der Waals surface area contributed by atoms with Crippen molar-refractivity contribution in [2.45, 2.75) is 13.2 Å². The predicted octanol–water partition coefficient (Wildman–Crippen LogP) is 5.45. The molecule has 2 heterocycles. The molecule has 2 aromatic heterocycles. The van der Waals surface area contributed by atoms with Crippen molar-refractivity contribution < 1.29 is 19.4 Å². The molecule has 0 radical (unpaired) electrons. The van der Waals surface area contributed by atoms with Crippen LogP contribution in [0.3, 0.4) is 0 Å². The molecule has 0 saturated carbocycles. The highest BCUT2D eigenvalue weighted by atomic mass is 35.5. The van der Waals surface area contributed by atoms with E-state index in [4.69, 9.17) is 32.7 Å². The smallest absolute Gasteiger partial charge is 0.354 e. The standard InChI is InChI=1S/C21H16Cl2N2O4/c1-28-10-15-19-14-7-13(29-9-11-2-3-12(22)6-16(11)23)4-5-17(14)25-18(19)8-24-20(15)21(26)27/h2-8,25H,9-10H2,1H3,(H,26,27). The molecule has 0 spiro atoms. The molecule has 148 valence electrons. The lowest BCUT2D eigenvalue weighted by atomic mass is 10.1. The van der Waals surface area contributed by atoms with E-state index in [-0.39, 0.29) is 18.9 Å². The number of fused-ring (bicyclic) bond motifs is 3. The SMILES string of the molecule is COCc1c(C(=O)O)ncc2[nH]c3ccc(OCc4ccc(Cl)cc4Cl)cc3c12. The van der Waals surface area contributed by atoms with Crippen LogP contribution in [-0.2, 0) is 18.0 Å². The van der Waals surface area contributed by atoms with Gasteiger partial charge in [0.05, 0.1) is 18.3 Å². The minimum atomic E-state index is -1.10. The van der Waals surface area contributed by atoms with Crippen molar-refractivity contribution >= 4 is 51.0 Å². The molecule has 0 aliphatic heterocycles. The van der Waals surface area contributed by atoms with Gasteiger partial charge in [-0.2, -0.15) is 0 Å². The van der Waals surface area contributed by atoms with Gasteiger partial charge in [0.25, 0.3) is 0 Å². The van der Waals surface area contributed by atoms with Gasteiger partial charge in [0.1, 0.15) is 12.4 Å². The van der Waals surface area contributed by atoms with E-state index in [0.29, 0.717) is 21.4 Å². The van der Waals surface area contributed by atoms with E-state index in [2.05, 4.69) is 9.97 Å². The number of hydrogen-bond donors (Lipinski definition) is 2. The lowest BCUT2D eigenvalue weighted by molar-refractivity contribution is 0.0685. The minimum absolute atomic E-state index is 0.0282. The number of aromatic nitrogens is 2. The maximum atomic E-state index is 11.6. The van der Waals surface area contributed by atoms with Crippen LogP contribution in [0.5, 0.6) is 5.75 Å². The first-order valence-electron chi connectivity index (χ1n) is 8.70. The number of nitrogens with zero attached hydrogens (tertiary/aromatic N) is 1. The fraction of sp³-hybridized carbons (Fsp3) is 0.143. The second-order valence-corrected chi connectivity index (χ2v) is 7.31. The van der Waals surface area contributed by atoms with E-state index >= 15 is 0 Å². The van der Waals surface area contributed by atoms with Gasteiger partial charge in [-0.15, -0.1) is 0 Å². The average Bonchev–Trinajstić information content (AvgIpc) is 3.05. The number of ether oxygens (including phenoxy) is 2. The first kappa shape index (κ1) is 19.5. The van der Waals surface area contributed by atoms with Gasteiger partial charge in [0.2, 0.25) is 0 Å². The molecule has 4 aromatic rings. The Kier molecular flexibility index (Phi) is 5.32. The van der Waals surface area contributed by atoms with Gasteiger partial charge in [0.15, 0.2) is 5.69 Å². The molecule has 29 heavy (non-hydrogen) atoms. The maximum Gasteiger partial charge on any atom is 0.354 e. The second kappa shape index (κ2) is 7.91. The quantitative estimate of drug-likeness (QED) is 0.424. The molecule has 0 unspecified atom stereocenters. The fourth-order valence-corrected chi connectivity index (χ4v) is 3.76. The third-order valence-corrected chi connectivity index (χ3v) is 5.20. The van der Waals surface area contributed by atoms with Crippen molar-refractivity contribution in [2.24, 2.45) is 0 Å².